The quantitative estimate of drug-likeness (QED) is 0.449. The van der Waals surface area contributed by atoms with Crippen molar-refractivity contribution in [2.75, 3.05) is 0 Å². The second-order valence-electron chi connectivity index (χ2n) is 11.2. The summed E-state index contributed by atoms with van der Waals surface area (Å²) >= 11 is 0. The van der Waals surface area contributed by atoms with E-state index in [-0.39, 0.29) is 0 Å². The van der Waals surface area contributed by atoms with Crippen LogP contribution < -0.4 is 17.7 Å². The van der Waals surface area contributed by atoms with Crippen LogP contribution in [0.15, 0.2) is 11.6 Å². The lowest BCUT2D eigenvalue weighted by Gasteiger charge is -2.32. The Kier molecular flexibility index (Phi) is 8.91. The molecule has 0 aromatic heterocycles. The van der Waals surface area contributed by atoms with Crippen molar-refractivity contribution >= 4 is 51.3 Å². The van der Waals surface area contributed by atoms with Gasteiger partial charge in [0.15, 0.2) is 17.2 Å². The van der Waals surface area contributed by atoms with Crippen LogP contribution in [0.5, 0.6) is 23.0 Å². The van der Waals surface area contributed by atoms with Crippen LogP contribution in [-0.2, 0) is 0 Å². The Morgan fingerprint density at radius 1 is 0.767 bits per heavy atom. The summed E-state index contributed by atoms with van der Waals surface area (Å²) in [5, 5.41) is 0. The molecule has 0 amide bonds. The van der Waals surface area contributed by atoms with Crippen LogP contribution in [0.1, 0.15) is 26.3 Å². The molecule has 0 aliphatic heterocycles. The lowest BCUT2D eigenvalue weighted by atomic mass is 9.98. The topological polar surface area (TPSA) is 36.9 Å². The molecule has 0 aliphatic carbocycles. The fourth-order valence-corrected chi connectivity index (χ4v) is 6.19. The third-order valence-corrected chi connectivity index (χ3v) is 8.19. The molecule has 0 aliphatic rings. The van der Waals surface area contributed by atoms with Crippen LogP contribution >= 0.6 is 0 Å². The van der Waals surface area contributed by atoms with Crippen molar-refractivity contribution in [2.24, 2.45) is 0 Å². The molecule has 0 N–H and O–H groups in total. The van der Waals surface area contributed by atoms with E-state index < -0.39 is 25.0 Å². The van der Waals surface area contributed by atoms with Crippen molar-refractivity contribution in [3.8, 4) is 23.0 Å². The number of rotatable bonds is 9. The molecule has 1 atom stereocenters. The van der Waals surface area contributed by atoms with Gasteiger partial charge in [0.1, 0.15) is 5.75 Å². The first-order valence-electron chi connectivity index (χ1n) is 10.9. The Morgan fingerprint density at radius 2 is 1.20 bits per heavy atom. The normalized spacial score (nSPS) is 14.9. The molecule has 172 valence electrons. The molecular formula is C21H44O4Si5. The van der Waals surface area contributed by atoms with Gasteiger partial charge in [-0.1, -0.05) is 12.5 Å². The lowest BCUT2D eigenvalue weighted by Crippen LogP contribution is -2.34. The lowest BCUT2D eigenvalue weighted by molar-refractivity contribution is 0.438. The summed E-state index contributed by atoms with van der Waals surface area (Å²) in [5.74, 6) is 3.10. The average Bonchev–Trinajstić information content (AvgIpc) is 2.52. The zero-order valence-electron chi connectivity index (χ0n) is 21.8. The zero-order valence-corrected chi connectivity index (χ0v) is 28.8. The summed E-state index contributed by atoms with van der Waals surface area (Å²) in [6.45, 7) is 26.5. The molecule has 0 radical (unpaired) electrons. The highest BCUT2D eigenvalue weighted by molar-refractivity contribution is 6.71. The Bertz CT molecular complexity index is 785. The smallest absolute Gasteiger partial charge is 0.242 e. The molecule has 1 aromatic carbocycles. The highest BCUT2D eigenvalue weighted by Crippen LogP contribution is 2.51. The van der Waals surface area contributed by atoms with E-state index in [0.29, 0.717) is 16.0 Å². The van der Waals surface area contributed by atoms with E-state index in [4.69, 9.17) is 17.7 Å². The molecule has 0 bridgehead atoms. The number of hydrogen-bond donors (Lipinski definition) is 0. The molecule has 1 aromatic rings. The molecule has 0 heterocycles. The van der Waals surface area contributed by atoms with Gasteiger partial charge in [-0.15, -0.1) is 0 Å². The van der Waals surface area contributed by atoms with E-state index in [9.17, 15) is 0 Å². The van der Waals surface area contributed by atoms with Crippen molar-refractivity contribution in [1.82, 2.24) is 0 Å². The maximum Gasteiger partial charge on any atom is 0.242 e. The van der Waals surface area contributed by atoms with Gasteiger partial charge >= 0.3 is 0 Å². The SMILES string of the molecule is CC(=C(C)C(C)[SiH3])c1cc(O[Si](C)(C)C)c(O[Si](C)(C)C)c(O[Si](C)(C)C)c1O[SiH3]. The minimum atomic E-state index is -1.92. The van der Waals surface area contributed by atoms with E-state index in [1.807, 2.05) is 0 Å². The fraction of sp³-hybridized carbons (Fsp3) is 0.619. The van der Waals surface area contributed by atoms with Gasteiger partial charge in [-0.05, 0) is 90.0 Å². The second-order valence-corrected chi connectivity index (χ2v) is 26.6. The van der Waals surface area contributed by atoms with Gasteiger partial charge in [0.25, 0.3) is 0 Å². The molecule has 0 fully saturated rings. The molecule has 9 heteroatoms. The summed E-state index contributed by atoms with van der Waals surface area (Å²) in [5.41, 5.74) is 4.32. The molecule has 4 nitrogen and oxygen atoms in total. The third kappa shape index (κ3) is 8.06. The van der Waals surface area contributed by atoms with Gasteiger partial charge < -0.3 is 17.7 Å². The third-order valence-electron chi connectivity index (χ3n) is 4.45. The monoisotopic (exact) mass is 500 g/mol. The van der Waals surface area contributed by atoms with E-state index in [1.54, 1.807) is 0 Å². The van der Waals surface area contributed by atoms with Gasteiger partial charge in [-0.3, -0.25) is 0 Å². The molecule has 0 saturated carbocycles. The van der Waals surface area contributed by atoms with Gasteiger partial charge in [0, 0.05) is 15.8 Å². The van der Waals surface area contributed by atoms with E-state index in [1.165, 1.54) is 11.1 Å². The minimum absolute atomic E-state index is 0.579. The minimum Gasteiger partial charge on any atom is -0.550 e. The van der Waals surface area contributed by atoms with Crippen molar-refractivity contribution < 1.29 is 17.7 Å². The summed E-state index contributed by atoms with van der Waals surface area (Å²) < 4.78 is 25.9. The van der Waals surface area contributed by atoms with Crippen LogP contribution in [0.25, 0.3) is 5.57 Å². The molecule has 1 unspecified atom stereocenters. The highest BCUT2D eigenvalue weighted by atomic mass is 28.4. The predicted molar refractivity (Wildman–Crippen MR) is 147 cm³/mol. The fourth-order valence-electron chi connectivity index (χ4n) is 2.93. The maximum absolute atomic E-state index is 6.64. The second kappa shape index (κ2) is 9.80. The summed E-state index contributed by atoms with van der Waals surface area (Å²) in [7, 11) is -4.01. The molecule has 0 spiro atoms. The first-order valence-corrected chi connectivity index (χ1v) is 23.1. The molecule has 0 saturated heterocycles. The molecule has 30 heavy (non-hydrogen) atoms. The maximum atomic E-state index is 6.64. The van der Waals surface area contributed by atoms with Crippen molar-refractivity contribution in [3.63, 3.8) is 0 Å². The van der Waals surface area contributed by atoms with Gasteiger partial charge in [-0.25, -0.2) is 0 Å². The van der Waals surface area contributed by atoms with Crippen LogP contribution in [-0.4, -0.2) is 45.7 Å². The number of allylic oxidation sites excluding steroid dienone is 2. The first-order chi connectivity index (χ1) is 13.4. The van der Waals surface area contributed by atoms with Gasteiger partial charge in [0.05, 0.1) is 0 Å². The van der Waals surface area contributed by atoms with Crippen LogP contribution in [0.2, 0.25) is 64.5 Å². The summed E-state index contributed by atoms with van der Waals surface area (Å²) in [6.07, 6.45) is 0. The Labute approximate surface area is 194 Å². The highest BCUT2D eigenvalue weighted by Gasteiger charge is 2.32. The average molecular weight is 501 g/mol. The Morgan fingerprint density at radius 3 is 1.57 bits per heavy atom. The summed E-state index contributed by atoms with van der Waals surface area (Å²) in [4.78, 5) is 0. The van der Waals surface area contributed by atoms with Crippen molar-refractivity contribution in [2.45, 2.75) is 85.2 Å². The van der Waals surface area contributed by atoms with Gasteiger partial charge in [-0.2, -0.15) is 0 Å². The first kappa shape index (κ1) is 27.3. The molecule has 1 rings (SSSR count). The van der Waals surface area contributed by atoms with E-state index in [2.05, 4.69) is 85.8 Å². The van der Waals surface area contributed by atoms with E-state index in [0.717, 1.165) is 38.8 Å². The van der Waals surface area contributed by atoms with Crippen molar-refractivity contribution in [1.29, 1.82) is 0 Å². The predicted octanol–water partition coefficient (Wildman–Crippen LogP) is 4.95. The van der Waals surface area contributed by atoms with Gasteiger partial charge in [0.2, 0.25) is 35.4 Å². The van der Waals surface area contributed by atoms with Crippen LogP contribution in [0, 0.1) is 0 Å². The Hall–Kier alpha value is -0.756. The number of hydrogen-bond acceptors (Lipinski definition) is 4. The Balaban J connectivity index is 4.04. The molecular weight excluding hydrogens is 457 g/mol. The van der Waals surface area contributed by atoms with Crippen LogP contribution in [0.4, 0.5) is 0 Å². The standard InChI is InChI=1S/C21H44O4Si5/c1-14(16(3)26)15(2)17-13-18(23-28(4,5)6)20(24-29(7,8)9)21(19(17)22-27)25-30(10,11)12/h13,16H,1-12,26-27H3. The van der Waals surface area contributed by atoms with E-state index >= 15 is 0 Å². The van der Waals surface area contributed by atoms with Crippen LogP contribution in [0.3, 0.4) is 0 Å². The largest absolute Gasteiger partial charge is 0.550 e. The number of benzene rings is 1. The zero-order chi connectivity index (χ0) is 23.7. The summed E-state index contributed by atoms with van der Waals surface area (Å²) in [6, 6.07) is 2.14. The van der Waals surface area contributed by atoms with Crippen molar-refractivity contribution in [3.05, 3.63) is 17.2 Å².